The van der Waals surface area contributed by atoms with Gasteiger partial charge in [0.2, 0.25) is 0 Å². The van der Waals surface area contributed by atoms with Crippen molar-refractivity contribution in [1.82, 2.24) is 4.98 Å². The maximum atomic E-state index is 9.75. The number of aliphatic hydroxyl groups excluding tert-OH is 1. The molecule has 78 valence electrons. The minimum absolute atomic E-state index is 0.194. The topological polar surface area (TPSA) is 46.3 Å². The summed E-state index contributed by atoms with van der Waals surface area (Å²) in [4.78, 5) is 4.22. The molecule has 0 spiro atoms. The largest absolute Gasteiger partial charge is 0.440 e. The molecule has 1 saturated carbocycles. The first-order valence-electron chi connectivity index (χ1n) is 5.02. The molecule has 1 N–H and O–H groups in total. The van der Waals surface area contributed by atoms with Gasteiger partial charge in [-0.2, -0.15) is 0 Å². The van der Waals surface area contributed by atoms with E-state index in [4.69, 9.17) is 4.42 Å². The van der Waals surface area contributed by atoms with Crippen molar-refractivity contribution in [3.8, 4) is 0 Å². The Labute approximate surface area is 87.9 Å². The molecule has 0 unspecified atom stereocenters. The summed E-state index contributed by atoms with van der Waals surface area (Å²) in [5.74, 6) is 0. The van der Waals surface area contributed by atoms with E-state index in [-0.39, 0.29) is 11.4 Å². The number of aryl methyl sites for hydroxylation is 1. The molecule has 3 nitrogen and oxygen atoms in total. The monoisotopic (exact) mass is 213 g/mol. The van der Waals surface area contributed by atoms with E-state index in [0.717, 1.165) is 25.0 Å². The second-order valence-electron chi connectivity index (χ2n) is 3.76. The number of nitrogens with zero attached hydrogens (tertiary/aromatic N) is 1. The highest BCUT2D eigenvalue weighted by Crippen LogP contribution is 2.33. The molecule has 1 aliphatic rings. The van der Waals surface area contributed by atoms with Gasteiger partial charge in [-0.05, 0) is 19.8 Å². The second kappa shape index (κ2) is 4.36. The van der Waals surface area contributed by atoms with Crippen molar-refractivity contribution in [2.45, 2.75) is 49.2 Å². The van der Waals surface area contributed by atoms with Crippen LogP contribution >= 0.6 is 11.8 Å². The molecule has 1 heterocycles. The van der Waals surface area contributed by atoms with Crippen molar-refractivity contribution in [3.05, 3.63) is 12.0 Å². The zero-order valence-electron chi connectivity index (χ0n) is 8.27. The number of rotatable bonds is 2. The fraction of sp³-hybridized carbons (Fsp3) is 0.700. The van der Waals surface area contributed by atoms with E-state index >= 15 is 0 Å². The van der Waals surface area contributed by atoms with Crippen molar-refractivity contribution in [2.75, 3.05) is 0 Å². The number of thioether (sulfide) groups is 1. The van der Waals surface area contributed by atoms with Crippen molar-refractivity contribution >= 4 is 11.8 Å². The van der Waals surface area contributed by atoms with Crippen LogP contribution in [0.5, 0.6) is 0 Å². The molecule has 2 atom stereocenters. The summed E-state index contributed by atoms with van der Waals surface area (Å²) in [6.07, 6.45) is 5.78. The van der Waals surface area contributed by atoms with Gasteiger partial charge in [-0.15, -0.1) is 0 Å². The summed E-state index contributed by atoms with van der Waals surface area (Å²) < 4.78 is 5.26. The quantitative estimate of drug-likeness (QED) is 0.819. The Balaban J connectivity index is 1.95. The molecule has 1 aromatic heterocycles. The number of aliphatic hydroxyl groups is 1. The zero-order valence-corrected chi connectivity index (χ0v) is 9.09. The van der Waals surface area contributed by atoms with E-state index in [1.807, 2.05) is 6.92 Å². The molecule has 0 bridgehead atoms. The molecule has 0 amide bonds. The minimum atomic E-state index is -0.194. The number of hydrogen-bond acceptors (Lipinski definition) is 4. The molecule has 1 aliphatic carbocycles. The Kier molecular flexibility index (Phi) is 3.13. The molecule has 0 radical (unpaired) electrons. The summed E-state index contributed by atoms with van der Waals surface area (Å²) in [5, 5.41) is 10.7. The van der Waals surface area contributed by atoms with Crippen LogP contribution in [0.3, 0.4) is 0 Å². The molecule has 0 aliphatic heterocycles. The number of oxazole rings is 1. The van der Waals surface area contributed by atoms with Crippen LogP contribution in [0.15, 0.2) is 15.9 Å². The molecule has 0 saturated heterocycles. The summed E-state index contributed by atoms with van der Waals surface area (Å²) in [6, 6.07) is 0. The Bertz CT molecular complexity index is 300. The average Bonchev–Trinajstić information content (AvgIpc) is 2.56. The molecular weight excluding hydrogens is 198 g/mol. The fourth-order valence-electron chi connectivity index (χ4n) is 1.73. The fourth-order valence-corrected chi connectivity index (χ4v) is 2.87. The van der Waals surface area contributed by atoms with E-state index in [0.29, 0.717) is 5.22 Å². The Morgan fingerprint density at radius 1 is 1.50 bits per heavy atom. The van der Waals surface area contributed by atoms with Gasteiger partial charge in [0, 0.05) is 5.25 Å². The first kappa shape index (κ1) is 10.1. The average molecular weight is 213 g/mol. The molecular formula is C10H15NO2S. The van der Waals surface area contributed by atoms with E-state index in [1.54, 1.807) is 18.0 Å². The van der Waals surface area contributed by atoms with Crippen LogP contribution in [0, 0.1) is 6.92 Å². The lowest BCUT2D eigenvalue weighted by molar-refractivity contribution is 0.136. The van der Waals surface area contributed by atoms with Gasteiger partial charge in [-0.1, -0.05) is 24.6 Å². The van der Waals surface area contributed by atoms with Gasteiger partial charge < -0.3 is 9.52 Å². The Morgan fingerprint density at radius 2 is 2.29 bits per heavy atom. The van der Waals surface area contributed by atoms with Crippen LogP contribution in [0.4, 0.5) is 0 Å². The standard InChI is InChI=1S/C10H15NO2S/c1-7-6-13-10(11-7)14-9-5-3-2-4-8(9)12/h6,8-9,12H,2-5H2,1H3/t8-,9-/m1/s1. The van der Waals surface area contributed by atoms with Crippen LogP contribution in [-0.2, 0) is 0 Å². The minimum Gasteiger partial charge on any atom is -0.440 e. The Morgan fingerprint density at radius 3 is 2.93 bits per heavy atom. The SMILES string of the molecule is Cc1coc(S[C@@H]2CCCC[C@H]2O)n1. The summed E-state index contributed by atoms with van der Waals surface area (Å²) in [5.41, 5.74) is 0.901. The third-order valence-corrected chi connectivity index (χ3v) is 3.76. The Hall–Kier alpha value is -0.480. The molecule has 1 aromatic rings. The highest BCUT2D eigenvalue weighted by Gasteiger charge is 2.25. The van der Waals surface area contributed by atoms with Crippen molar-refractivity contribution in [1.29, 1.82) is 0 Å². The van der Waals surface area contributed by atoms with Crippen molar-refractivity contribution in [3.63, 3.8) is 0 Å². The summed E-state index contributed by atoms with van der Waals surface area (Å²) >= 11 is 1.57. The summed E-state index contributed by atoms with van der Waals surface area (Å²) in [7, 11) is 0. The van der Waals surface area contributed by atoms with Crippen molar-refractivity contribution < 1.29 is 9.52 Å². The van der Waals surface area contributed by atoms with Gasteiger partial charge in [-0.3, -0.25) is 0 Å². The molecule has 2 rings (SSSR count). The number of aromatic nitrogens is 1. The molecule has 14 heavy (non-hydrogen) atoms. The lowest BCUT2D eigenvalue weighted by atomic mass is 9.97. The summed E-state index contributed by atoms with van der Waals surface area (Å²) in [6.45, 7) is 1.91. The molecule has 0 aromatic carbocycles. The normalized spacial score (nSPS) is 27.9. The second-order valence-corrected chi connectivity index (χ2v) is 4.95. The third kappa shape index (κ3) is 2.30. The first-order valence-corrected chi connectivity index (χ1v) is 5.90. The van der Waals surface area contributed by atoms with Gasteiger partial charge >= 0.3 is 0 Å². The van der Waals surface area contributed by atoms with E-state index in [2.05, 4.69) is 4.98 Å². The van der Waals surface area contributed by atoms with Crippen LogP contribution < -0.4 is 0 Å². The van der Waals surface area contributed by atoms with Crippen molar-refractivity contribution in [2.24, 2.45) is 0 Å². The first-order chi connectivity index (χ1) is 6.75. The van der Waals surface area contributed by atoms with Gasteiger partial charge in [0.1, 0.15) is 6.26 Å². The van der Waals surface area contributed by atoms with Crippen LogP contribution in [0.1, 0.15) is 31.4 Å². The van der Waals surface area contributed by atoms with Crippen LogP contribution in [-0.4, -0.2) is 21.4 Å². The molecule has 1 fully saturated rings. The number of hydrogen-bond donors (Lipinski definition) is 1. The van der Waals surface area contributed by atoms with Gasteiger partial charge in [-0.25, -0.2) is 4.98 Å². The lowest BCUT2D eigenvalue weighted by Crippen LogP contribution is -2.26. The van der Waals surface area contributed by atoms with Gasteiger partial charge in [0.25, 0.3) is 5.22 Å². The highest BCUT2D eigenvalue weighted by atomic mass is 32.2. The van der Waals surface area contributed by atoms with Crippen LogP contribution in [0.25, 0.3) is 0 Å². The van der Waals surface area contributed by atoms with Gasteiger partial charge in [0.05, 0.1) is 11.8 Å². The highest BCUT2D eigenvalue weighted by molar-refractivity contribution is 7.99. The maximum Gasteiger partial charge on any atom is 0.256 e. The van der Waals surface area contributed by atoms with Crippen LogP contribution in [0.2, 0.25) is 0 Å². The van der Waals surface area contributed by atoms with Gasteiger partial charge in [0.15, 0.2) is 0 Å². The van der Waals surface area contributed by atoms with E-state index in [1.165, 1.54) is 6.42 Å². The third-order valence-electron chi connectivity index (χ3n) is 2.52. The predicted molar refractivity (Wildman–Crippen MR) is 55.4 cm³/mol. The van der Waals surface area contributed by atoms with E-state index in [9.17, 15) is 5.11 Å². The molecule has 4 heteroatoms. The predicted octanol–water partition coefficient (Wildman–Crippen LogP) is 2.38. The lowest BCUT2D eigenvalue weighted by Gasteiger charge is -2.25. The van der Waals surface area contributed by atoms with E-state index < -0.39 is 0 Å². The zero-order chi connectivity index (χ0) is 9.97. The smallest absolute Gasteiger partial charge is 0.256 e. The maximum absolute atomic E-state index is 9.75.